The lowest BCUT2D eigenvalue weighted by atomic mass is 9.92. The summed E-state index contributed by atoms with van der Waals surface area (Å²) in [7, 11) is -3.63. The van der Waals surface area contributed by atoms with E-state index < -0.39 is 10.0 Å². The number of sulfonamides is 1. The van der Waals surface area contributed by atoms with Gasteiger partial charge in [0.1, 0.15) is 4.90 Å². The van der Waals surface area contributed by atoms with Crippen LogP contribution in [0.15, 0.2) is 29.2 Å². The zero-order chi connectivity index (χ0) is 19.6. The molecule has 2 atom stereocenters. The van der Waals surface area contributed by atoms with Crippen molar-refractivity contribution in [2.75, 3.05) is 45.8 Å². The Kier molecular flexibility index (Phi) is 6.46. The van der Waals surface area contributed by atoms with Gasteiger partial charge in [0, 0.05) is 38.0 Å². The summed E-state index contributed by atoms with van der Waals surface area (Å²) in [5, 5.41) is 0.230. The molecule has 0 aliphatic carbocycles. The molecule has 3 rings (SSSR count). The number of hydrogen-bond acceptors (Lipinski definition) is 3. The maximum atomic E-state index is 12.8. The van der Waals surface area contributed by atoms with Crippen molar-refractivity contribution in [1.82, 2.24) is 9.21 Å². The molecule has 1 aromatic rings. The van der Waals surface area contributed by atoms with Crippen LogP contribution in [0.2, 0.25) is 5.02 Å². The highest BCUT2D eigenvalue weighted by molar-refractivity contribution is 7.89. The number of carbonyl (C=O) groups excluding carboxylic acids is 1. The van der Waals surface area contributed by atoms with Gasteiger partial charge >= 0.3 is 0 Å². The van der Waals surface area contributed by atoms with Crippen molar-refractivity contribution in [3.63, 3.8) is 0 Å². The van der Waals surface area contributed by atoms with Gasteiger partial charge in [0.2, 0.25) is 10.0 Å². The zero-order valence-electron chi connectivity index (χ0n) is 16.0. The molecule has 0 radical (unpaired) electrons. The van der Waals surface area contributed by atoms with Crippen LogP contribution in [0.25, 0.3) is 0 Å². The Balaban J connectivity index is 1.57. The van der Waals surface area contributed by atoms with E-state index >= 15 is 0 Å². The number of amides is 1. The molecule has 2 fully saturated rings. The van der Waals surface area contributed by atoms with E-state index in [0.717, 1.165) is 13.1 Å². The predicted molar refractivity (Wildman–Crippen MR) is 105 cm³/mol. The van der Waals surface area contributed by atoms with Crippen LogP contribution >= 0.6 is 11.6 Å². The minimum atomic E-state index is -3.63. The van der Waals surface area contributed by atoms with Gasteiger partial charge in [-0.15, -0.1) is 0 Å². The summed E-state index contributed by atoms with van der Waals surface area (Å²) < 4.78 is 27.0. The molecule has 1 aromatic carbocycles. The molecule has 0 saturated carbocycles. The molecule has 1 N–H and O–H groups in total. The highest BCUT2D eigenvalue weighted by Crippen LogP contribution is 2.25. The topological polar surface area (TPSA) is 62.1 Å². The van der Waals surface area contributed by atoms with Gasteiger partial charge in [0.25, 0.3) is 5.91 Å². The van der Waals surface area contributed by atoms with E-state index in [0.29, 0.717) is 44.6 Å². The molecule has 27 heavy (non-hydrogen) atoms. The van der Waals surface area contributed by atoms with E-state index in [1.807, 2.05) is 0 Å². The van der Waals surface area contributed by atoms with Crippen molar-refractivity contribution < 1.29 is 18.1 Å². The summed E-state index contributed by atoms with van der Waals surface area (Å²) >= 11 is 6.07. The van der Waals surface area contributed by atoms with E-state index in [4.69, 9.17) is 11.6 Å². The van der Waals surface area contributed by atoms with Crippen molar-refractivity contribution in [1.29, 1.82) is 0 Å². The number of hydrogen-bond donors (Lipinski definition) is 1. The Labute approximate surface area is 167 Å². The summed E-state index contributed by atoms with van der Waals surface area (Å²) in [6.07, 6.45) is 1.23. The summed E-state index contributed by atoms with van der Waals surface area (Å²) in [6.45, 7) is 8.56. The van der Waals surface area contributed by atoms with Crippen LogP contribution in [0.5, 0.6) is 0 Å². The van der Waals surface area contributed by atoms with Gasteiger partial charge < -0.3 is 9.80 Å². The highest BCUT2D eigenvalue weighted by Gasteiger charge is 2.33. The smallest absolute Gasteiger partial charge is 0.277 e. The number of carbonyl (C=O) groups is 1. The van der Waals surface area contributed by atoms with E-state index in [2.05, 4.69) is 13.8 Å². The van der Waals surface area contributed by atoms with E-state index in [1.54, 1.807) is 23.1 Å². The van der Waals surface area contributed by atoms with Crippen molar-refractivity contribution >= 4 is 27.5 Å². The van der Waals surface area contributed by atoms with Gasteiger partial charge in [-0.1, -0.05) is 37.6 Å². The zero-order valence-corrected chi connectivity index (χ0v) is 17.6. The number of nitrogens with zero attached hydrogens (tertiary/aromatic N) is 2. The monoisotopic (exact) mass is 414 g/mol. The third-order valence-electron chi connectivity index (χ3n) is 5.53. The number of piperidine rings is 1. The van der Waals surface area contributed by atoms with Crippen LogP contribution in [0.4, 0.5) is 0 Å². The van der Waals surface area contributed by atoms with Gasteiger partial charge in [-0.25, -0.2) is 8.42 Å². The van der Waals surface area contributed by atoms with Crippen LogP contribution in [0, 0.1) is 11.8 Å². The van der Waals surface area contributed by atoms with Crippen molar-refractivity contribution in [3.05, 3.63) is 29.3 Å². The molecule has 6 nitrogen and oxygen atoms in total. The molecule has 8 heteroatoms. The molecule has 0 aromatic heterocycles. The summed E-state index contributed by atoms with van der Waals surface area (Å²) in [4.78, 5) is 16.0. The number of nitrogens with one attached hydrogen (secondary N) is 1. The number of likely N-dealkylation sites (tertiary alicyclic amines) is 1. The van der Waals surface area contributed by atoms with Crippen molar-refractivity contribution in [2.45, 2.75) is 25.2 Å². The first kappa shape index (κ1) is 20.6. The molecular formula is C19H29ClN3O3S+. The first-order valence-corrected chi connectivity index (χ1v) is 11.4. The fourth-order valence-electron chi connectivity index (χ4n) is 4.36. The number of rotatable bonds is 4. The van der Waals surface area contributed by atoms with Gasteiger partial charge in [0.05, 0.1) is 18.1 Å². The van der Waals surface area contributed by atoms with Crippen LogP contribution in [-0.2, 0) is 14.8 Å². The van der Waals surface area contributed by atoms with Crippen LogP contribution < -0.4 is 4.90 Å². The number of benzene rings is 1. The Hall–Kier alpha value is -1.15. The third kappa shape index (κ3) is 4.83. The van der Waals surface area contributed by atoms with Gasteiger partial charge in [0.15, 0.2) is 6.54 Å². The molecular weight excluding hydrogens is 386 g/mol. The van der Waals surface area contributed by atoms with Crippen LogP contribution in [-0.4, -0.2) is 69.3 Å². The summed E-state index contributed by atoms with van der Waals surface area (Å²) in [6, 6.07) is 6.49. The van der Waals surface area contributed by atoms with Gasteiger partial charge in [-0.05, 0) is 18.6 Å². The number of piperazine rings is 1. The normalized spacial score (nSPS) is 27.5. The lowest BCUT2D eigenvalue weighted by Gasteiger charge is -2.36. The minimum absolute atomic E-state index is 0.126. The van der Waals surface area contributed by atoms with Crippen LogP contribution in [0.1, 0.15) is 20.3 Å². The second-order valence-corrected chi connectivity index (χ2v) is 10.3. The van der Waals surface area contributed by atoms with Gasteiger partial charge in [-0.2, -0.15) is 4.31 Å². The van der Waals surface area contributed by atoms with Gasteiger partial charge in [-0.3, -0.25) is 4.79 Å². The number of halogens is 1. The van der Waals surface area contributed by atoms with E-state index in [-0.39, 0.29) is 15.8 Å². The second-order valence-electron chi connectivity index (χ2n) is 8.00. The number of quaternary nitrogens is 1. The third-order valence-corrected chi connectivity index (χ3v) is 7.92. The largest absolute Gasteiger partial charge is 0.335 e. The Bertz CT molecular complexity index is 768. The average molecular weight is 415 g/mol. The first-order chi connectivity index (χ1) is 12.8. The van der Waals surface area contributed by atoms with Crippen molar-refractivity contribution in [2.24, 2.45) is 11.8 Å². The summed E-state index contributed by atoms with van der Waals surface area (Å²) in [5.74, 6) is 1.42. The lowest BCUT2D eigenvalue weighted by molar-refractivity contribution is -0.904. The molecule has 2 saturated heterocycles. The Morgan fingerprint density at radius 2 is 1.70 bits per heavy atom. The second kappa shape index (κ2) is 8.47. The van der Waals surface area contributed by atoms with E-state index in [1.165, 1.54) is 21.7 Å². The standard InChI is InChI=1S/C19H28ClN3O3S/c1-15-11-16(2)13-21(12-15)14-19(24)22-7-9-23(10-8-22)27(25,26)18-6-4-3-5-17(18)20/h3-6,15-16H,7-14H2,1-2H3/p+1/t15-,16-/m0/s1. The molecule has 0 spiro atoms. The fourth-order valence-corrected chi connectivity index (χ4v) is 6.28. The summed E-state index contributed by atoms with van der Waals surface area (Å²) in [5.41, 5.74) is 0. The molecule has 2 aliphatic heterocycles. The fraction of sp³-hybridized carbons (Fsp3) is 0.632. The quantitative estimate of drug-likeness (QED) is 0.790. The van der Waals surface area contributed by atoms with E-state index in [9.17, 15) is 13.2 Å². The highest BCUT2D eigenvalue weighted by atomic mass is 35.5. The molecule has 0 bridgehead atoms. The average Bonchev–Trinajstić information content (AvgIpc) is 2.61. The maximum absolute atomic E-state index is 12.8. The minimum Gasteiger partial charge on any atom is -0.335 e. The predicted octanol–water partition coefficient (Wildman–Crippen LogP) is 0.734. The molecule has 1 amide bonds. The van der Waals surface area contributed by atoms with Crippen LogP contribution in [0.3, 0.4) is 0 Å². The Morgan fingerprint density at radius 3 is 2.30 bits per heavy atom. The van der Waals surface area contributed by atoms with Crippen molar-refractivity contribution in [3.8, 4) is 0 Å². The maximum Gasteiger partial charge on any atom is 0.277 e. The molecule has 150 valence electrons. The Morgan fingerprint density at radius 1 is 1.11 bits per heavy atom. The molecule has 0 unspecified atom stereocenters. The first-order valence-electron chi connectivity index (χ1n) is 9.63. The molecule has 2 heterocycles. The lowest BCUT2D eigenvalue weighted by Crippen LogP contribution is -3.15. The SMILES string of the molecule is C[C@H]1C[C@H](C)C[NH+](CC(=O)N2CCN(S(=O)(=O)c3ccccc3Cl)CC2)C1. The molecule has 2 aliphatic rings.